The lowest BCUT2D eigenvalue weighted by Crippen LogP contribution is -2.26. The highest BCUT2D eigenvalue weighted by atomic mass is 16.2. The number of amides is 1. The van der Waals surface area contributed by atoms with Crippen molar-refractivity contribution in [2.45, 2.75) is 13.3 Å². The molecule has 4 heteroatoms. The number of fused-ring (bicyclic) bond motifs is 2. The Bertz CT molecular complexity index is 923. The van der Waals surface area contributed by atoms with E-state index in [4.69, 9.17) is 0 Å². The van der Waals surface area contributed by atoms with Crippen molar-refractivity contribution in [3.05, 3.63) is 60.2 Å². The summed E-state index contributed by atoms with van der Waals surface area (Å²) in [6.07, 6.45) is 4.30. The molecule has 0 saturated carbocycles. The second-order valence-corrected chi connectivity index (χ2v) is 5.70. The number of carbonyl (C=O) groups is 1. The Morgan fingerprint density at radius 2 is 2.13 bits per heavy atom. The van der Waals surface area contributed by atoms with Gasteiger partial charge in [0.2, 0.25) is 0 Å². The van der Waals surface area contributed by atoms with Crippen LogP contribution in [0.3, 0.4) is 0 Å². The van der Waals surface area contributed by atoms with Gasteiger partial charge in [0.05, 0.1) is 11.2 Å². The van der Waals surface area contributed by atoms with Crippen LogP contribution in [0.2, 0.25) is 0 Å². The van der Waals surface area contributed by atoms with Gasteiger partial charge >= 0.3 is 0 Å². The zero-order chi connectivity index (χ0) is 15.8. The lowest BCUT2D eigenvalue weighted by atomic mass is 10.0. The minimum absolute atomic E-state index is 0.0373. The molecule has 2 aromatic carbocycles. The van der Waals surface area contributed by atoms with Gasteiger partial charge < -0.3 is 4.90 Å². The van der Waals surface area contributed by atoms with E-state index in [0.29, 0.717) is 0 Å². The molecule has 23 heavy (non-hydrogen) atoms. The van der Waals surface area contributed by atoms with Crippen LogP contribution in [0.15, 0.2) is 54.6 Å². The largest absolute Gasteiger partial charge is 0.308 e. The van der Waals surface area contributed by atoms with Crippen molar-refractivity contribution >= 4 is 22.5 Å². The van der Waals surface area contributed by atoms with Gasteiger partial charge in [-0.2, -0.15) is 5.10 Å². The second kappa shape index (κ2) is 5.39. The molecule has 4 nitrogen and oxygen atoms in total. The van der Waals surface area contributed by atoms with Crippen LogP contribution < -0.4 is 4.90 Å². The van der Waals surface area contributed by atoms with Crippen molar-refractivity contribution in [2.75, 3.05) is 11.4 Å². The maximum absolute atomic E-state index is 12.2. The summed E-state index contributed by atoms with van der Waals surface area (Å²) in [6.45, 7) is 2.60. The third kappa shape index (κ3) is 2.23. The van der Waals surface area contributed by atoms with Gasteiger partial charge in [-0.1, -0.05) is 36.4 Å². The summed E-state index contributed by atoms with van der Waals surface area (Å²) in [4.78, 5) is 14.1. The number of hydrogen-bond donors (Lipinski definition) is 1. The van der Waals surface area contributed by atoms with E-state index in [0.717, 1.165) is 40.8 Å². The predicted molar refractivity (Wildman–Crippen MR) is 92.4 cm³/mol. The molecular formula is C19H17N3O. The van der Waals surface area contributed by atoms with Gasteiger partial charge in [-0.25, -0.2) is 0 Å². The Morgan fingerprint density at radius 1 is 1.26 bits per heavy atom. The van der Waals surface area contributed by atoms with Gasteiger partial charge in [0.25, 0.3) is 5.91 Å². The fraction of sp³-hybridized carbons (Fsp3) is 0.158. The van der Waals surface area contributed by atoms with E-state index in [9.17, 15) is 4.79 Å². The van der Waals surface area contributed by atoms with Crippen LogP contribution >= 0.6 is 0 Å². The molecule has 2 heterocycles. The van der Waals surface area contributed by atoms with Gasteiger partial charge in [-0.3, -0.25) is 9.89 Å². The van der Waals surface area contributed by atoms with Crippen LogP contribution in [-0.4, -0.2) is 22.6 Å². The molecule has 0 unspecified atom stereocenters. The summed E-state index contributed by atoms with van der Waals surface area (Å²) in [6, 6.07) is 14.3. The number of hydrogen-bond acceptors (Lipinski definition) is 2. The minimum atomic E-state index is 0.0373. The van der Waals surface area contributed by atoms with E-state index in [-0.39, 0.29) is 5.91 Å². The normalized spacial score (nSPS) is 13.9. The van der Waals surface area contributed by atoms with E-state index < -0.39 is 0 Å². The third-order valence-corrected chi connectivity index (χ3v) is 4.30. The van der Waals surface area contributed by atoms with Crippen LogP contribution in [0.25, 0.3) is 22.2 Å². The molecule has 0 radical (unpaired) electrons. The number of aromatic amines is 1. The first-order chi connectivity index (χ1) is 11.3. The Kier molecular flexibility index (Phi) is 3.23. The smallest absolute Gasteiger partial charge is 0.250 e. The zero-order valence-electron chi connectivity index (χ0n) is 12.9. The summed E-state index contributed by atoms with van der Waals surface area (Å²) in [5.41, 5.74) is 5.18. The summed E-state index contributed by atoms with van der Waals surface area (Å²) in [5.74, 6) is 0.0373. The monoisotopic (exact) mass is 303 g/mol. The van der Waals surface area contributed by atoms with Crippen LogP contribution in [0, 0.1) is 0 Å². The van der Waals surface area contributed by atoms with E-state index >= 15 is 0 Å². The quantitative estimate of drug-likeness (QED) is 0.734. The molecule has 0 aliphatic carbocycles. The number of rotatable bonds is 2. The van der Waals surface area contributed by atoms with Crippen molar-refractivity contribution in [3.8, 4) is 11.3 Å². The highest BCUT2D eigenvalue weighted by Gasteiger charge is 2.24. The van der Waals surface area contributed by atoms with Gasteiger partial charge in [0.15, 0.2) is 0 Å². The Labute approximate surface area is 134 Å². The molecule has 1 amide bonds. The number of carbonyl (C=O) groups excluding carboxylic acids is 1. The van der Waals surface area contributed by atoms with Crippen LogP contribution in [0.4, 0.5) is 5.69 Å². The van der Waals surface area contributed by atoms with E-state index in [1.807, 2.05) is 30.0 Å². The molecule has 0 atom stereocenters. The van der Waals surface area contributed by atoms with Gasteiger partial charge in [-0.05, 0) is 37.1 Å². The minimum Gasteiger partial charge on any atom is -0.308 e. The molecule has 0 saturated heterocycles. The van der Waals surface area contributed by atoms with E-state index in [2.05, 4.69) is 34.5 Å². The average Bonchev–Trinajstić information content (AvgIpc) is 3.18. The van der Waals surface area contributed by atoms with Crippen LogP contribution in [0.1, 0.15) is 12.5 Å². The predicted octanol–water partition coefficient (Wildman–Crippen LogP) is 3.70. The average molecular weight is 303 g/mol. The van der Waals surface area contributed by atoms with E-state index in [1.54, 1.807) is 12.2 Å². The highest BCUT2D eigenvalue weighted by molar-refractivity contribution is 6.03. The summed E-state index contributed by atoms with van der Waals surface area (Å²) < 4.78 is 0. The van der Waals surface area contributed by atoms with Gasteiger partial charge in [0, 0.05) is 23.2 Å². The standard InChI is InChI=1S/C19H17N3O/c1-2-5-18(23)22-11-10-13-8-9-14(12-17(13)22)19-15-6-3-4-7-16(15)20-21-19/h2-9,12H,10-11H2,1H3,(H,20,21)/b5-2+. The SMILES string of the molecule is C/C=C/C(=O)N1CCc2ccc(-c3n[nH]c4ccccc34)cc21. The number of nitrogens with one attached hydrogen (secondary N) is 1. The number of allylic oxidation sites excluding steroid dienone is 1. The van der Waals surface area contributed by atoms with Crippen molar-refractivity contribution in [2.24, 2.45) is 0 Å². The first kappa shape index (κ1) is 13.8. The maximum Gasteiger partial charge on any atom is 0.250 e. The number of aromatic nitrogens is 2. The fourth-order valence-electron chi connectivity index (χ4n) is 3.17. The molecule has 1 aromatic heterocycles. The molecule has 0 bridgehead atoms. The molecule has 4 rings (SSSR count). The summed E-state index contributed by atoms with van der Waals surface area (Å²) in [7, 11) is 0. The highest BCUT2D eigenvalue weighted by Crippen LogP contribution is 2.34. The van der Waals surface area contributed by atoms with Crippen molar-refractivity contribution in [3.63, 3.8) is 0 Å². The zero-order valence-corrected chi connectivity index (χ0v) is 12.9. The molecule has 114 valence electrons. The maximum atomic E-state index is 12.2. The first-order valence-corrected chi connectivity index (χ1v) is 7.78. The summed E-state index contributed by atoms with van der Waals surface area (Å²) >= 11 is 0. The molecule has 1 aliphatic heterocycles. The number of benzene rings is 2. The number of para-hydroxylation sites is 1. The Morgan fingerprint density at radius 3 is 3.00 bits per heavy atom. The number of anilines is 1. The molecule has 0 spiro atoms. The van der Waals surface area contributed by atoms with Crippen LogP contribution in [-0.2, 0) is 11.2 Å². The van der Waals surface area contributed by atoms with Crippen molar-refractivity contribution < 1.29 is 4.79 Å². The lowest BCUT2D eigenvalue weighted by molar-refractivity contribution is -0.114. The summed E-state index contributed by atoms with van der Waals surface area (Å²) in [5, 5.41) is 8.62. The van der Waals surface area contributed by atoms with Gasteiger partial charge in [0.1, 0.15) is 0 Å². The van der Waals surface area contributed by atoms with Crippen molar-refractivity contribution in [1.82, 2.24) is 10.2 Å². The topological polar surface area (TPSA) is 49.0 Å². The molecule has 0 fully saturated rings. The first-order valence-electron chi connectivity index (χ1n) is 7.78. The Hall–Kier alpha value is -2.88. The van der Waals surface area contributed by atoms with E-state index in [1.165, 1.54) is 5.56 Å². The third-order valence-electron chi connectivity index (χ3n) is 4.30. The van der Waals surface area contributed by atoms with Gasteiger partial charge in [-0.15, -0.1) is 0 Å². The number of H-pyrrole nitrogens is 1. The van der Waals surface area contributed by atoms with Crippen LogP contribution in [0.5, 0.6) is 0 Å². The molecule has 3 aromatic rings. The Balaban J connectivity index is 1.81. The fourth-order valence-corrected chi connectivity index (χ4v) is 3.17. The lowest BCUT2D eigenvalue weighted by Gasteiger charge is -2.15. The number of nitrogens with zero attached hydrogens (tertiary/aromatic N) is 2. The van der Waals surface area contributed by atoms with Crippen molar-refractivity contribution in [1.29, 1.82) is 0 Å². The molecular weight excluding hydrogens is 286 g/mol. The molecule has 1 N–H and O–H groups in total. The second-order valence-electron chi connectivity index (χ2n) is 5.70. The molecule has 1 aliphatic rings.